The first kappa shape index (κ1) is 19.3. The Hall–Kier alpha value is -2.99. The van der Waals surface area contributed by atoms with Gasteiger partial charge in [-0.3, -0.25) is 9.69 Å². The number of halogens is 2. The van der Waals surface area contributed by atoms with Crippen molar-refractivity contribution in [1.29, 1.82) is 0 Å². The van der Waals surface area contributed by atoms with E-state index in [-0.39, 0.29) is 11.6 Å². The summed E-state index contributed by atoms with van der Waals surface area (Å²) < 4.78 is 29.1. The molecule has 1 aromatic heterocycles. The molecule has 6 heteroatoms. The topological polar surface area (TPSA) is 37.3 Å². The van der Waals surface area contributed by atoms with Gasteiger partial charge < -0.3 is 9.88 Å². The molecule has 0 unspecified atom stereocenters. The molecule has 1 aliphatic rings. The normalized spacial score (nSPS) is 15.0. The van der Waals surface area contributed by atoms with Crippen molar-refractivity contribution in [1.82, 2.24) is 14.8 Å². The molecule has 0 saturated carbocycles. The minimum atomic E-state index is -0.857. The van der Waals surface area contributed by atoms with E-state index in [0.717, 1.165) is 37.3 Å². The second-order valence-electron chi connectivity index (χ2n) is 7.38. The van der Waals surface area contributed by atoms with Gasteiger partial charge in [0.1, 0.15) is 11.6 Å². The molecule has 4 nitrogen and oxygen atoms in total. The molecule has 3 aromatic rings. The van der Waals surface area contributed by atoms with E-state index in [0.29, 0.717) is 6.54 Å². The number of hydrogen-bond donors (Lipinski definition) is 1. The summed E-state index contributed by atoms with van der Waals surface area (Å²) in [5, 5.41) is 2.84. The van der Waals surface area contributed by atoms with Gasteiger partial charge in [0.25, 0.3) is 5.91 Å². The molecule has 1 amide bonds. The van der Waals surface area contributed by atoms with Crippen molar-refractivity contribution in [2.75, 3.05) is 13.1 Å². The summed E-state index contributed by atoms with van der Waals surface area (Å²) in [6.45, 7) is 1.98. The fraction of sp³-hybridized carbons (Fsp3) is 0.261. The molecule has 0 bridgehead atoms. The molecule has 2 aromatic carbocycles. The van der Waals surface area contributed by atoms with Crippen molar-refractivity contribution < 1.29 is 13.6 Å². The van der Waals surface area contributed by atoms with Crippen LogP contribution < -0.4 is 5.32 Å². The van der Waals surface area contributed by atoms with Gasteiger partial charge in [-0.15, -0.1) is 0 Å². The number of fused-ring (bicyclic) bond motifs is 1. The number of benzene rings is 2. The lowest BCUT2D eigenvalue weighted by Crippen LogP contribution is -2.41. The van der Waals surface area contributed by atoms with E-state index in [1.165, 1.54) is 17.2 Å². The second kappa shape index (κ2) is 8.17. The molecular weight excluding hydrogens is 372 g/mol. The molecule has 0 fully saturated rings. The lowest BCUT2D eigenvalue weighted by Gasteiger charge is -2.36. The predicted molar refractivity (Wildman–Crippen MR) is 107 cm³/mol. The van der Waals surface area contributed by atoms with E-state index in [1.807, 2.05) is 36.0 Å². The molecule has 0 saturated heterocycles. The van der Waals surface area contributed by atoms with Crippen LogP contribution in [0.15, 0.2) is 60.8 Å². The first-order valence-electron chi connectivity index (χ1n) is 9.68. The molecule has 0 spiro atoms. The van der Waals surface area contributed by atoms with Crippen LogP contribution in [0.1, 0.15) is 33.2 Å². The number of nitrogens with one attached hydrogen (secondary N) is 1. The molecule has 0 radical (unpaired) electrons. The minimum absolute atomic E-state index is 0.0594. The molecule has 1 atom stereocenters. The van der Waals surface area contributed by atoms with Gasteiger partial charge in [0.15, 0.2) is 0 Å². The molecule has 1 aliphatic heterocycles. The van der Waals surface area contributed by atoms with Crippen LogP contribution in [-0.4, -0.2) is 28.5 Å². The average molecular weight is 395 g/mol. The fourth-order valence-electron chi connectivity index (χ4n) is 3.98. The van der Waals surface area contributed by atoms with Crippen molar-refractivity contribution in [2.45, 2.75) is 19.0 Å². The van der Waals surface area contributed by atoms with Crippen molar-refractivity contribution in [3.05, 3.63) is 94.8 Å². The largest absolute Gasteiger partial charge is 0.353 e. The monoisotopic (exact) mass is 395 g/mol. The Morgan fingerprint density at radius 3 is 2.62 bits per heavy atom. The Kier molecular flexibility index (Phi) is 5.45. The van der Waals surface area contributed by atoms with E-state index in [2.05, 4.69) is 28.4 Å². The van der Waals surface area contributed by atoms with Crippen LogP contribution in [0, 0.1) is 11.6 Å². The summed E-state index contributed by atoms with van der Waals surface area (Å²) >= 11 is 0. The second-order valence-corrected chi connectivity index (χ2v) is 7.38. The first-order chi connectivity index (χ1) is 14.0. The van der Waals surface area contributed by atoms with Gasteiger partial charge in [-0.1, -0.05) is 24.3 Å². The third-order valence-corrected chi connectivity index (χ3v) is 5.56. The van der Waals surface area contributed by atoms with E-state index in [4.69, 9.17) is 0 Å². The van der Waals surface area contributed by atoms with Gasteiger partial charge in [0, 0.05) is 44.6 Å². The molecule has 4 rings (SSSR count). The van der Waals surface area contributed by atoms with Crippen LogP contribution in [0.5, 0.6) is 0 Å². The maximum atomic E-state index is 14.0. The van der Waals surface area contributed by atoms with Gasteiger partial charge in [-0.05, 0) is 41.8 Å². The van der Waals surface area contributed by atoms with Crippen LogP contribution in [0.25, 0.3) is 0 Å². The average Bonchev–Trinajstić information content (AvgIpc) is 3.13. The highest BCUT2D eigenvalue weighted by Crippen LogP contribution is 2.28. The van der Waals surface area contributed by atoms with Crippen LogP contribution >= 0.6 is 0 Å². The SMILES string of the molecule is Cn1cccc1[C@@H](CNC(=O)c1ccc(F)cc1F)N1CCc2ccccc2C1. The number of amides is 1. The van der Waals surface area contributed by atoms with Crippen molar-refractivity contribution in [3.63, 3.8) is 0 Å². The van der Waals surface area contributed by atoms with Crippen LogP contribution in [0.4, 0.5) is 8.78 Å². The summed E-state index contributed by atoms with van der Waals surface area (Å²) in [5.41, 5.74) is 3.56. The Balaban J connectivity index is 1.54. The van der Waals surface area contributed by atoms with Gasteiger partial charge in [0.05, 0.1) is 11.6 Å². The summed E-state index contributed by atoms with van der Waals surface area (Å²) in [7, 11) is 1.97. The van der Waals surface area contributed by atoms with Gasteiger partial charge in [-0.25, -0.2) is 8.78 Å². The number of carbonyl (C=O) groups is 1. The number of aryl methyl sites for hydroxylation is 1. The van der Waals surface area contributed by atoms with Gasteiger partial charge in [-0.2, -0.15) is 0 Å². The van der Waals surface area contributed by atoms with Crippen molar-refractivity contribution >= 4 is 5.91 Å². The van der Waals surface area contributed by atoms with Crippen LogP contribution in [0.3, 0.4) is 0 Å². The number of nitrogens with zero attached hydrogens (tertiary/aromatic N) is 2. The number of rotatable bonds is 5. The quantitative estimate of drug-likeness (QED) is 0.713. The highest BCUT2D eigenvalue weighted by Gasteiger charge is 2.27. The van der Waals surface area contributed by atoms with Crippen molar-refractivity contribution in [3.8, 4) is 0 Å². The fourth-order valence-corrected chi connectivity index (χ4v) is 3.98. The zero-order valence-electron chi connectivity index (χ0n) is 16.2. The highest BCUT2D eigenvalue weighted by atomic mass is 19.1. The van der Waals surface area contributed by atoms with Gasteiger partial charge >= 0.3 is 0 Å². The Labute approximate surface area is 168 Å². The zero-order chi connectivity index (χ0) is 20.4. The van der Waals surface area contributed by atoms with Crippen molar-refractivity contribution in [2.24, 2.45) is 7.05 Å². The predicted octanol–water partition coefficient (Wildman–Crippen LogP) is 3.83. The maximum Gasteiger partial charge on any atom is 0.254 e. The Morgan fingerprint density at radius 2 is 1.90 bits per heavy atom. The number of aromatic nitrogens is 1. The smallest absolute Gasteiger partial charge is 0.254 e. The molecule has 1 N–H and O–H groups in total. The lowest BCUT2D eigenvalue weighted by atomic mass is 9.97. The molecule has 0 aliphatic carbocycles. The van der Waals surface area contributed by atoms with Crippen LogP contribution in [0.2, 0.25) is 0 Å². The van der Waals surface area contributed by atoms with E-state index in [9.17, 15) is 13.6 Å². The molecule has 2 heterocycles. The first-order valence-corrected chi connectivity index (χ1v) is 9.68. The maximum absolute atomic E-state index is 14.0. The summed E-state index contributed by atoms with van der Waals surface area (Å²) in [5.74, 6) is -2.10. The minimum Gasteiger partial charge on any atom is -0.353 e. The lowest BCUT2D eigenvalue weighted by molar-refractivity contribution is 0.0921. The standard InChI is InChI=1S/C23H23F2N3O/c1-27-11-4-7-21(27)22(28-12-10-16-5-2-3-6-17(16)15-28)14-26-23(29)19-9-8-18(24)13-20(19)25/h2-9,11,13,22H,10,12,14-15H2,1H3,(H,26,29)/t22-/m1/s1. The van der Waals surface area contributed by atoms with Crippen LogP contribution in [-0.2, 0) is 20.0 Å². The summed E-state index contributed by atoms with van der Waals surface area (Å²) in [6, 6.07) is 15.3. The molecule has 150 valence electrons. The number of hydrogen-bond acceptors (Lipinski definition) is 2. The summed E-state index contributed by atoms with van der Waals surface area (Å²) in [4.78, 5) is 14.9. The third kappa shape index (κ3) is 4.07. The molecule has 29 heavy (non-hydrogen) atoms. The number of carbonyl (C=O) groups excluding carboxylic acids is 1. The summed E-state index contributed by atoms with van der Waals surface area (Å²) in [6.07, 6.45) is 2.92. The Bertz CT molecular complexity index is 1030. The zero-order valence-corrected chi connectivity index (χ0v) is 16.2. The van der Waals surface area contributed by atoms with E-state index in [1.54, 1.807) is 0 Å². The van der Waals surface area contributed by atoms with Gasteiger partial charge in [0.2, 0.25) is 0 Å². The highest BCUT2D eigenvalue weighted by molar-refractivity contribution is 5.94. The Morgan fingerprint density at radius 1 is 1.10 bits per heavy atom. The third-order valence-electron chi connectivity index (χ3n) is 5.56. The van der Waals surface area contributed by atoms with E-state index < -0.39 is 17.5 Å². The molecular formula is C23H23F2N3O. The van der Waals surface area contributed by atoms with E-state index >= 15 is 0 Å².